The van der Waals surface area contributed by atoms with Crippen LogP contribution in [0.4, 0.5) is 0 Å². The second-order valence-corrected chi connectivity index (χ2v) is 7.69. The number of rotatable bonds is 6. The molecule has 0 spiro atoms. The quantitative estimate of drug-likeness (QED) is 0.510. The monoisotopic (exact) mass is 397 g/mol. The topological polar surface area (TPSA) is 73.2 Å². The predicted octanol–water partition coefficient (Wildman–Crippen LogP) is 3.32. The summed E-state index contributed by atoms with van der Waals surface area (Å²) in [6.45, 7) is 6.17. The smallest absolute Gasteiger partial charge is 0.266 e. The molecule has 1 amide bonds. The zero-order valence-electron chi connectivity index (χ0n) is 16.4. The van der Waals surface area contributed by atoms with Crippen LogP contribution in [0.3, 0.4) is 0 Å². The Morgan fingerprint density at radius 1 is 1.29 bits per heavy atom. The van der Waals surface area contributed by atoms with E-state index < -0.39 is 5.25 Å². The van der Waals surface area contributed by atoms with E-state index in [1.807, 2.05) is 44.2 Å². The summed E-state index contributed by atoms with van der Waals surface area (Å²) in [5, 5.41) is 3.37. The lowest BCUT2D eigenvalue weighted by atomic mass is 10.2. The second-order valence-electron chi connectivity index (χ2n) is 6.38. The van der Waals surface area contributed by atoms with Gasteiger partial charge in [0, 0.05) is 6.54 Å². The molecule has 0 saturated carbocycles. The molecule has 3 rings (SSSR count). The minimum atomic E-state index is -0.407. The van der Waals surface area contributed by atoms with Gasteiger partial charge in [-0.15, -0.1) is 0 Å². The minimum absolute atomic E-state index is 0.0994. The third-order valence-corrected chi connectivity index (χ3v) is 5.37. The molecule has 28 heavy (non-hydrogen) atoms. The molecule has 0 radical (unpaired) electrons. The molecule has 0 saturated heterocycles. The molecule has 0 aliphatic rings. The first kappa shape index (κ1) is 19.9. The van der Waals surface area contributed by atoms with E-state index in [2.05, 4.69) is 5.32 Å². The van der Waals surface area contributed by atoms with Crippen molar-refractivity contribution in [3.8, 4) is 11.4 Å². The molecule has 0 bridgehead atoms. The summed E-state index contributed by atoms with van der Waals surface area (Å²) < 4.78 is 7.03. The zero-order chi connectivity index (χ0) is 20.3. The highest BCUT2D eigenvalue weighted by atomic mass is 32.2. The maximum absolute atomic E-state index is 13.4. The van der Waals surface area contributed by atoms with Gasteiger partial charge < -0.3 is 10.1 Å². The Hall–Kier alpha value is -2.80. The van der Waals surface area contributed by atoms with E-state index in [9.17, 15) is 9.59 Å². The molecule has 1 aromatic heterocycles. The number of fused-ring (bicyclic) bond motifs is 1. The largest absolute Gasteiger partial charge is 0.495 e. The number of aryl methyl sites for hydroxylation is 1. The van der Waals surface area contributed by atoms with Crippen molar-refractivity contribution in [2.75, 3.05) is 13.7 Å². The van der Waals surface area contributed by atoms with E-state index in [0.29, 0.717) is 34.0 Å². The highest BCUT2D eigenvalue weighted by Crippen LogP contribution is 2.30. The van der Waals surface area contributed by atoms with Crippen LogP contribution in [0.15, 0.2) is 52.4 Å². The highest BCUT2D eigenvalue weighted by Gasteiger charge is 2.21. The van der Waals surface area contributed by atoms with Crippen LogP contribution in [0.5, 0.6) is 5.75 Å². The molecular formula is C21H23N3O3S. The van der Waals surface area contributed by atoms with Crippen LogP contribution < -0.4 is 15.6 Å². The SMILES string of the molecule is CCNC(=O)[C@H](C)Sc1nc2ccccc2c(=O)n1-c1cc(C)ccc1OC. The van der Waals surface area contributed by atoms with Crippen LogP contribution in [0.1, 0.15) is 19.4 Å². The number of ether oxygens (including phenoxy) is 1. The van der Waals surface area contributed by atoms with Gasteiger partial charge in [-0.05, 0) is 50.6 Å². The summed E-state index contributed by atoms with van der Waals surface area (Å²) in [4.78, 5) is 30.3. The van der Waals surface area contributed by atoms with Crippen molar-refractivity contribution in [1.82, 2.24) is 14.9 Å². The van der Waals surface area contributed by atoms with Gasteiger partial charge in [0.05, 0.1) is 29.0 Å². The molecule has 0 fully saturated rings. The first-order valence-corrected chi connectivity index (χ1v) is 9.95. The Labute approximate surface area is 167 Å². The van der Waals surface area contributed by atoms with E-state index in [-0.39, 0.29) is 11.5 Å². The van der Waals surface area contributed by atoms with Crippen molar-refractivity contribution in [2.45, 2.75) is 31.2 Å². The molecule has 0 aliphatic heterocycles. The number of carbonyl (C=O) groups is 1. The Morgan fingerprint density at radius 2 is 2.04 bits per heavy atom. The number of amides is 1. The Morgan fingerprint density at radius 3 is 2.75 bits per heavy atom. The van der Waals surface area contributed by atoms with Crippen molar-refractivity contribution in [2.24, 2.45) is 0 Å². The summed E-state index contributed by atoms with van der Waals surface area (Å²) >= 11 is 1.25. The molecule has 146 valence electrons. The number of methoxy groups -OCH3 is 1. The number of nitrogens with zero attached hydrogens (tertiary/aromatic N) is 2. The molecule has 3 aromatic rings. The van der Waals surface area contributed by atoms with E-state index in [4.69, 9.17) is 9.72 Å². The minimum Gasteiger partial charge on any atom is -0.495 e. The van der Waals surface area contributed by atoms with Crippen molar-refractivity contribution < 1.29 is 9.53 Å². The standard InChI is InChI=1S/C21H23N3O3S/c1-5-22-19(25)14(3)28-21-23-16-9-7-6-8-15(16)20(26)24(21)17-12-13(2)10-11-18(17)27-4/h6-12,14H,5H2,1-4H3,(H,22,25)/t14-/m0/s1. The number of carbonyl (C=O) groups excluding carboxylic acids is 1. The fraction of sp³-hybridized carbons (Fsp3) is 0.286. The summed E-state index contributed by atoms with van der Waals surface area (Å²) in [7, 11) is 1.57. The third kappa shape index (κ3) is 3.89. The molecule has 1 atom stereocenters. The molecule has 1 N–H and O–H groups in total. The number of para-hydroxylation sites is 1. The number of nitrogens with one attached hydrogen (secondary N) is 1. The van der Waals surface area contributed by atoms with Crippen LogP contribution >= 0.6 is 11.8 Å². The normalized spacial score (nSPS) is 12.0. The first-order chi connectivity index (χ1) is 13.5. The summed E-state index contributed by atoms with van der Waals surface area (Å²) in [6.07, 6.45) is 0. The molecule has 2 aromatic carbocycles. The van der Waals surface area contributed by atoms with Gasteiger partial charge in [-0.1, -0.05) is 30.0 Å². The fourth-order valence-corrected chi connectivity index (χ4v) is 3.85. The van der Waals surface area contributed by atoms with E-state index >= 15 is 0 Å². The van der Waals surface area contributed by atoms with Gasteiger partial charge in [-0.25, -0.2) is 4.98 Å². The Balaban J connectivity index is 2.25. The lowest BCUT2D eigenvalue weighted by Gasteiger charge is -2.18. The zero-order valence-corrected chi connectivity index (χ0v) is 17.2. The molecule has 0 unspecified atom stereocenters. The maximum atomic E-state index is 13.4. The molecule has 7 heteroatoms. The number of hydrogen-bond acceptors (Lipinski definition) is 5. The van der Waals surface area contributed by atoms with Gasteiger partial charge in [-0.2, -0.15) is 0 Å². The van der Waals surface area contributed by atoms with Gasteiger partial charge in [0.25, 0.3) is 5.56 Å². The maximum Gasteiger partial charge on any atom is 0.266 e. The lowest BCUT2D eigenvalue weighted by molar-refractivity contribution is -0.120. The van der Waals surface area contributed by atoms with Crippen LogP contribution in [-0.4, -0.2) is 34.4 Å². The van der Waals surface area contributed by atoms with Crippen molar-refractivity contribution in [1.29, 1.82) is 0 Å². The number of aromatic nitrogens is 2. The van der Waals surface area contributed by atoms with Gasteiger partial charge in [0.2, 0.25) is 5.91 Å². The Kier molecular flexibility index (Phi) is 6.04. The average molecular weight is 398 g/mol. The molecule has 6 nitrogen and oxygen atoms in total. The molecule has 1 heterocycles. The van der Waals surface area contributed by atoms with Gasteiger partial charge in [0.1, 0.15) is 5.75 Å². The highest BCUT2D eigenvalue weighted by molar-refractivity contribution is 8.00. The summed E-state index contributed by atoms with van der Waals surface area (Å²) in [5.74, 6) is 0.468. The number of thioether (sulfide) groups is 1. The van der Waals surface area contributed by atoms with E-state index in [1.165, 1.54) is 16.3 Å². The number of hydrogen-bond donors (Lipinski definition) is 1. The molecule has 0 aliphatic carbocycles. The van der Waals surface area contributed by atoms with E-state index in [0.717, 1.165) is 5.56 Å². The van der Waals surface area contributed by atoms with Crippen LogP contribution in [0.2, 0.25) is 0 Å². The summed E-state index contributed by atoms with van der Waals surface area (Å²) in [6, 6.07) is 12.8. The van der Waals surface area contributed by atoms with Gasteiger partial charge in [-0.3, -0.25) is 14.2 Å². The summed E-state index contributed by atoms with van der Waals surface area (Å²) in [5.41, 5.74) is 2.00. The Bertz CT molecular complexity index is 1080. The third-order valence-electron chi connectivity index (χ3n) is 4.32. The van der Waals surface area contributed by atoms with Crippen LogP contribution in [0.25, 0.3) is 16.6 Å². The predicted molar refractivity (Wildman–Crippen MR) is 113 cm³/mol. The average Bonchev–Trinajstić information content (AvgIpc) is 2.68. The van der Waals surface area contributed by atoms with Gasteiger partial charge in [0.15, 0.2) is 5.16 Å². The number of benzene rings is 2. The van der Waals surface area contributed by atoms with Crippen LogP contribution in [0, 0.1) is 6.92 Å². The lowest BCUT2D eigenvalue weighted by Crippen LogP contribution is -2.31. The second kappa shape index (κ2) is 8.48. The fourth-order valence-electron chi connectivity index (χ4n) is 2.91. The van der Waals surface area contributed by atoms with Crippen molar-refractivity contribution in [3.05, 3.63) is 58.4 Å². The van der Waals surface area contributed by atoms with Crippen LogP contribution in [-0.2, 0) is 4.79 Å². The first-order valence-electron chi connectivity index (χ1n) is 9.07. The molecular weight excluding hydrogens is 374 g/mol. The van der Waals surface area contributed by atoms with Crippen molar-refractivity contribution in [3.63, 3.8) is 0 Å². The van der Waals surface area contributed by atoms with Gasteiger partial charge >= 0.3 is 0 Å². The van der Waals surface area contributed by atoms with Crippen molar-refractivity contribution >= 4 is 28.6 Å². The van der Waals surface area contributed by atoms with E-state index in [1.54, 1.807) is 26.2 Å².